The first kappa shape index (κ1) is 9.64. The molecule has 0 radical (unpaired) electrons. The van der Waals surface area contributed by atoms with Gasteiger partial charge in [0.25, 0.3) is 0 Å². The summed E-state index contributed by atoms with van der Waals surface area (Å²) in [5.41, 5.74) is 0.733. The molecule has 1 amide bonds. The first-order valence-corrected chi connectivity index (χ1v) is 4.49. The van der Waals surface area contributed by atoms with E-state index in [0.29, 0.717) is 13.2 Å². The van der Waals surface area contributed by atoms with Gasteiger partial charge in [-0.25, -0.2) is 9.18 Å². The zero-order valence-electron chi connectivity index (χ0n) is 7.89. The van der Waals surface area contributed by atoms with Crippen LogP contribution < -0.4 is 0 Å². The van der Waals surface area contributed by atoms with E-state index in [-0.39, 0.29) is 5.82 Å². The van der Waals surface area contributed by atoms with Gasteiger partial charge in [-0.05, 0) is 17.7 Å². The van der Waals surface area contributed by atoms with Crippen LogP contribution in [0, 0.1) is 5.82 Å². The molecule has 1 saturated heterocycles. The minimum absolute atomic E-state index is 0.298. The summed E-state index contributed by atoms with van der Waals surface area (Å²) >= 11 is 0. The van der Waals surface area contributed by atoms with Crippen LogP contribution in [0.1, 0.15) is 5.56 Å². The van der Waals surface area contributed by atoms with Crippen LogP contribution in [-0.2, 0) is 4.74 Å². The van der Waals surface area contributed by atoms with E-state index in [1.165, 1.54) is 23.4 Å². The lowest BCUT2D eigenvalue weighted by Crippen LogP contribution is -2.17. The van der Waals surface area contributed by atoms with E-state index >= 15 is 0 Å². The SMILES string of the molecule is O=C1OCCN1/N=C/c1ccc(F)cc1. The number of amides is 1. The summed E-state index contributed by atoms with van der Waals surface area (Å²) in [7, 11) is 0. The number of hydrogen-bond acceptors (Lipinski definition) is 3. The van der Waals surface area contributed by atoms with Gasteiger partial charge in [0.2, 0.25) is 0 Å². The Morgan fingerprint density at radius 3 is 2.73 bits per heavy atom. The van der Waals surface area contributed by atoms with Crippen LogP contribution >= 0.6 is 0 Å². The van der Waals surface area contributed by atoms with Crippen LogP contribution in [0.25, 0.3) is 0 Å². The molecule has 0 unspecified atom stereocenters. The third kappa shape index (κ3) is 2.31. The molecule has 0 saturated carbocycles. The van der Waals surface area contributed by atoms with Gasteiger partial charge in [-0.15, -0.1) is 0 Å². The van der Waals surface area contributed by atoms with Crippen molar-refractivity contribution in [3.05, 3.63) is 35.6 Å². The maximum Gasteiger partial charge on any atom is 0.430 e. The quantitative estimate of drug-likeness (QED) is 0.693. The van der Waals surface area contributed by atoms with Crippen LogP contribution in [-0.4, -0.2) is 30.5 Å². The molecule has 0 spiro atoms. The van der Waals surface area contributed by atoms with Crippen LogP contribution in [0.5, 0.6) is 0 Å². The highest BCUT2D eigenvalue weighted by atomic mass is 19.1. The van der Waals surface area contributed by atoms with Crippen LogP contribution in [0.2, 0.25) is 0 Å². The van der Waals surface area contributed by atoms with E-state index in [1.807, 2.05) is 0 Å². The lowest BCUT2D eigenvalue weighted by molar-refractivity contribution is 0.159. The van der Waals surface area contributed by atoms with Crippen molar-refractivity contribution in [2.75, 3.05) is 13.2 Å². The third-order valence-corrected chi connectivity index (χ3v) is 1.96. The van der Waals surface area contributed by atoms with E-state index in [1.54, 1.807) is 12.1 Å². The highest BCUT2D eigenvalue weighted by molar-refractivity contribution is 5.81. The molecule has 0 atom stereocenters. The summed E-state index contributed by atoms with van der Waals surface area (Å²) in [5, 5.41) is 5.14. The highest BCUT2D eigenvalue weighted by Crippen LogP contribution is 2.04. The molecule has 4 nitrogen and oxygen atoms in total. The first-order chi connectivity index (χ1) is 7.25. The summed E-state index contributed by atoms with van der Waals surface area (Å²) in [4.78, 5) is 11.0. The highest BCUT2D eigenvalue weighted by Gasteiger charge is 2.20. The van der Waals surface area contributed by atoms with E-state index in [2.05, 4.69) is 9.84 Å². The fraction of sp³-hybridized carbons (Fsp3) is 0.200. The largest absolute Gasteiger partial charge is 0.446 e. The molecular formula is C10H9FN2O2. The van der Waals surface area contributed by atoms with Gasteiger partial charge in [0, 0.05) is 0 Å². The maximum atomic E-state index is 12.6. The van der Waals surface area contributed by atoms with E-state index < -0.39 is 6.09 Å². The van der Waals surface area contributed by atoms with Crippen molar-refractivity contribution in [2.45, 2.75) is 0 Å². The van der Waals surface area contributed by atoms with Gasteiger partial charge >= 0.3 is 6.09 Å². The van der Waals surface area contributed by atoms with E-state index in [0.717, 1.165) is 5.56 Å². The first-order valence-electron chi connectivity index (χ1n) is 4.49. The second-order valence-electron chi connectivity index (χ2n) is 3.03. The third-order valence-electron chi connectivity index (χ3n) is 1.96. The summed E-state index contributed by atoms with van der Waals surface area (Å²) in [6, 6.07) is 5.84. The molecule has 0 N–H and O–H groups in total. The molecule has 0 aliphatic carbocycles. The van der Waals surface area contributed by atoms with Gasteiger partial charge in [-0.1, -0.05) is 12.1 Å². The van der Waals surface area contributed by atoms with Gasteiger partial charge in [0.15, 0.2) is 0 Å². The van der Waals surface area contributed by atoms with E-state index in [4.69, 9.17) is 0 Å². The number of carbonyl (C=O) groups is 1. The Bertz CT molecular complexity index is 389. The lowest BCUT2D eigenvalue weighted by Gasteiger charge is -2.03. The number of ether oxygens (including phenoxy) is 1. The molecule has 1 fully saturated rings. The standard InChI is InChI=1S/C10H9FN2O2/c11-9-3-1-8(2-4-9)7-12-13-5-6-15-10(13)14/h1-4,7H,5-6H2/b12-7+. The Morgan fingerprint density at radius 2 is 2.13 bits per heavy atom. The predicted octanol–water partition coefficient (Wildman–Crippen LogP) is 1.61. The van der Waals surface area contributed by atoms with Gasteiger partial charge in [-0.3, -0.25) is 0 Å². The number of benzene rings is 1. The Balaban J connectivity index is 2.04. The van der Waals surface area contributed by atoms with Crippen LogP contribution in [0.3, 0.4) is 0 Å². The molecule has 0 bridgehead atoms. The molecule has 0 aromatic heterocycles. The number of rotatable bonds is 2. The lowest BCUT2D eigenvalue weighted by atomic mass is 10.2. The number of carbonyl (C=O) groups excluding carboxylic acids is 1. The smallest absolute Gasteiger partial charge is 0.430 e. The second kappa shape index (κ2) is 4.08. The molecule has 1 aliphatic rings. The average Bonchev–Trinajstić information content (AvgIpc) is 2.63. The van der Waals surface area contributed by atoms with Gasteiger partial charge in [-0.2, -0.15) is 10.1 Å². The van der Waals surface area contributed by atoms with Gasteiger partial charge in [0.05, 0.1) is 12.8 Å². The van der Waals surface area contributed by atoms with Crippen molar-refractivity contribution in [3.63, 3.8) is 0 Å². The molecule has 1 aromatic rings. The minimum atomic E-state index is -0.451. The molecule has 78 valence electrons. The minimum Gasteiger partial charge on any atom is -0.446 e. The summed E-state index contributed by atoms with van der Waals surface area (Å²) in [6.07, 6.45) is 1.04. The normalized spacial score (nSPS) is 16.1. The van der Waals surface area contributed by atoms with Gasteiger partial charge < -0.3 is 4.74 Å². The van der Waals surface area contributed by atoms with E-state index in [9.17, 15) is 9.18 Å². The van der Waals surface area contributed by atoms with Crippen molar-refractivity contribution in [1.29, 1.82) is 0 Å². The number of hydrogen-bond donors (Lipinski definition) is 0. The fourth-order valence-corrected chi connectivity index (χ4v) is 1.18. The van der Waals surface area contributed by atoms with Crippen LogP contribution in [0.4, 0.5) is 9.18 Å². The monoisotopic (exact) mass is 208 g/mol. The number of nitrogens with zero attached hydrogens (tertiary/aromatic N) is 2. The Morgan fingerprint density at radius 1 is 1.40 bits per heavy atom. The molecule has 1 heterocycles. The zero-order chi connectivity index (χ0) is 10.7. The number of halogens is 1. The molecule has 15 heavy (non-hydrogen) atoms. The molecule has 1 aliphatic heterocycles. The van der Waals surface area contributed by atoms with Crippen LogP contribution in [0.15, 0.2) is 29.4 Å². The van der Waals surface area contributed by atoms with Crippen molar-refractivity contribution in [3.8, 4) is 0 Å². The Kier molecular flexibility index (Phi) is 2.62. The average molecular weight is 208 g/mol. The maximum absolute atomic E-state index is 12.6. The summed E-state index contributed by atoms with van der Waals surface area (Å²) < 4.78 is 17.2. The number of cyclic esters (lactones) is 1. The second-order valence-corrected chi connectivity index (χ2v) is 3.03. The predicted molar refractivity (Wildman–Crippen MR) is 52.0 cm³/mol. The summed E-state index contributed by atoms with van der Waals surface area (Å²) in [6.45, 7) is 0.816. The Hall–Kier alpha value is -1.91. The molecule has 5 heteroatoms. The zero-order valence-corrected chi connectivity index (χ0v) is 7.89. The molecule has 2 rings (SSSR count). The van der Waals surface area contributed by atoms with Gasteiger partial charge in [0.1, 0.15) is 12.4 Å². The molecule has 1 aromatic carbocycles. The van der Waals surface area contributed by atoms with Crippen molar-refractivity contribution < 1.29 is 13.9 Å². The Labute approximate surface area is 86.0 Å². The fourth-order valence-electron chi connectivity index (χ4n) is 1.18. The summed E-state index contributed by atoms with van der Waals surface area (Å²) in [5.74, 6) is -0.298. The van der Waals surface area contributed by atoms with Crippen molar-refractivity contribution >= 4 is 12.3 Å². The molecular weight excluding hydrogens is 199 g/mol. The topological polar surface area (TPSA) is 41.9 Å². The van der Waals surface area contributed by atoms with Crippen molar-refractivity contribution in [2.24, 2.45) is 5.10 Å². The number of hydrazone groups is 1. The van der Waals surface area contributed by atoms with Crippen molar-refractivity contribution in [1.82, 2.24) is 5.01 Å².